The molecule has 0 saturated carbocycles. The van der Waals surface area contributed by atoms with E-state index in [9.17, 15) is 9.59 Å². The molecule has 1 heterocycles. The van der Waals surface area contributed by atoms with Crippen molar-refractivity contribution in [3.8, 4) is 11.5 Å². The Morgan fingerprint density at radius 3 is 2.44 bits per heavy atom. The van der Waals surface area contributed by atoms with Crippen LogP contribution in [0.5, 0.6) is 11.5 Å². The van der Waals surface area contributed by atoms with Crippen LogP contribution in [0.1, 0.15) is 32.4 Å². The lowest BCUT2D eigenvalue weighted by molar-refractivity contribution is -0.152. The van der Waals surface area contributed by atoms with Gasteiger partial charge in [-0.25, -0.2) is 4.68 Å². The van der Waals surface area contributed by atoms with Gasteiger partial charge in [0.1, 0.15) is 5.82 Å². The summed E-state index contributed by atoms with van der Waals surface area (Å²) in [5.74, 6) is 0.720. The second-order valence-corrected chi connectivity index (χ2v) is 6.24. The summed E-state index contributed by atoms with van der Waals surface area (Å²) in [4.78, 5) is 24.5. The second-order valence-electron chi connectivity index (χ2n) is 6.24. The normalized spacial score (nSPS) is 11.8. The fraction of sp³-hybridized carbons (Fsp3) is 0.421. The summed E-state index contributed by atoms with van der Waals surface area (Å²) in [7, 11) is 3.06. The average Bonchev–Trinajstić information content (AvgIpc) is 3.09. The molecule has 0 unspecified atom stereocenters. The maximum atomic E-state index is 12.3. The molecule has 0 aliphatic carbocycles. The van der Waals surface area contributed by atoms with Crippen LogP contribution in [0.2, 0.25) is 0 Å². The lowest BCUT2D eigenvalue weighted by Crippen LogP contribution is -2.31. The number of esters is 1. The van der Waals surface area contributed by atoms with E-state index < -0.39 is 18.0 Å². The van der Waals surface area contributed by atoms with Gasteiger partial charge in [-0.3, -0.25) is 9.59 Å². The first-order valence-electron chi connectivity index (χ1n) is 8.60. The van der Waals surface area contributed by atoms with Crippen LogP contribution in [0.3, 0.4) is 0 Å². The third-order valence-corrected chi connectivity index (χ3v) is 3.88. The van der Waals surface area contributed by atoms with Gasteiger partial charge in [0, 0.05) is 12.1 Å². The van der Waals surface area contributed by atoms with Crippen molar-refractivity contribution in [3.63, 3.8) is 0 Å². The molecule has 0 fully saturated rings. The van der Waals surface area contributed by atoms with Crippen LogP contribution < -0.4 is 14.8 Å². The smallest absolute Gasteiger partial charge is 0.311 e. The summed E-state index contributed by atoms with van der Waals surface area (Å²) in [5, 5.41) is 6.87. The third kappa shape index (κ3) is 5.22. The lowest BCUT2D eigenvalue weighted by atomic mass is 10.1. The minimum Gasteiger partial charge on any atom is -0.493 e. The van der Waals surface area contributed by atoms with Gasteiger partial charge in [-0.15, -0.1) is 0 Å². The Hall–Kier alpha value is -3.03. The number of hydrogen-bond donors (Lipinski definition) is 1. The topological polar surface area (TPSA) is 91.7 Å². The van der Waals surface area contributed by atoms with E-state index >= 15 is 0 Å². The van der Waals surface area contributed by atoms with E-state index in [4.69, 9.17) is 14.2 Å². The van der Waals surface area contributed by atoms with Crippen molar-refractivity contribution < 1.29 is 23.8 Å². The molecular weight excluding hydrogens is 350 g/mol. The largest absolute Gasteiger partial charge is 0.493 e. The van der Waals surface area contributed by atoms with E-state index in [-0.39, 0.29) is 12.5 Å². The average molecular weight is 375 g/mol. The van der Waals surface area contributed by atoms with Crippen LogP contribution in [0.15, 0.2) is 30.5 Å². The molecule has 0 bridgehead atoms. The van der Waals surface area contributed by atoms with Crippen molar-refractivity contribution in [2.45, 2.75) is 39.3 Å². The molecule has 8 nitrogen and oxygen atoms in total. The molecule has 1 aromatic heterocycles. The number of amides is 1. The molecule has 0 aliphatic rings. The number of nitrogens with one attached hydrogen (secondary N) is 1. The molecule has 1 N–H and O–H groups in total. The molecule has 146 valence electrons. The number of carbonyl (C=O) groups excluding carboxylic acids is 2. The summed E-state index contributed by atoms with van der Waals surface area (Å²) in [6.45, 7) is 5.43. The maximum absolute atomic E-state index is 12.3. The molecule has 0 radical (unpaired) electrons. The van der Waals surface area contributed by atoms with E-state index in [0.29, 0.717) is 22.9 Å². The van der Waals surface area contributed by atoms with Crippen molar-refractivity contribution in [2.24, 2.45) is 0 Å². The zero-order valence-electron chi connectivity index (χ0n) is 16.2. The van der Waals surface area contributed by atoms with Crippen LogP contribution in [-0.2, 0) is 20.7 Å². The summed E-state index contributed by atoms with van der Waals surface area (Å²) < 4.78 is 17.3. The van der Waals surface area contributed by atoms with Gasteiger partial charge < -0.3 is 19.5 Å². The monoisotopic (exact) mass is 375 g/mol. The molecule has 8 heteroatoms. The van der Waals surface area contributed by atoms with Crippen molar-refractivity contribution in [1.82, 2.24) is 9.78 Å². The van der Waals surface area contributed by atoms with E-state index in [1.807, 2.05) is 13.8 Å². The van der Waals surface area contributed by atoms with E-state index in [1.54, 1.807) is 35.1 Å². The molecule has 1 amide bonds. The summed E-state index contributed by atoms with van der Waals surface area (Å²) in [6.07, 6.45) is 0.679. The number of hydrogen-bond acceptors (Lipinski definition) is 6. The molecule has 1 aromatic carbocycles. The standard InChI is InChI=1S/C19H25N3O5/c1-12(2)22-17(8-9-20-22)21-19(24)13(3)27-18(23)11-14-6-7-15(25-4)16(10-14)26-5/h6-10,12-13H,11H2,1-5H3,(H,21,24)/t13-/m1/s1. The number of aromatic nitrogens is 2. The van der Waals surface area contributed by atoms with E-state index in [0.717, 1.165) is 0 Å². The predicted molar refractivity (Wildman–Crippen MR) is 100 cm³/mol. The Bertz CT molecular complexity index is 800. The number of benzene rings is 1. The predicted octanol–water partition coefficient (Wildman–Crippen LogP) is 2.59. The van der Waals surface area contributed by atoms with Gasteiger partial charge in [-0.2, -0.15) is 5.10 Å². The summed E-state index contributed by atoms with van der Waals surface area (Å²) in [6, 6.07) is 6.94. The Kier molecular flexibility index (Phi) is 6.81. The highest BCUT2D eigenvalue weighted by molar-refractivity contribution is 5.94. The molecular formula is C19H25N3O5. The first-order chi connectivity index (χ1) is 12.8. The number of ether oxygens (including phenoxy) is 3. The first-order valence-corrected chi connectivity index (χ1v) is 8.60. The van der Waals surface area contributed by atoms with Crippen molar-refractivity contribution >= 4 is 17.7 Å². The fourth-order valence-corrected chi connectivity index (χ4v) is 2.50. The molecule has 27 heavy (non-hydrogen) atoms. The molecule has 0 aliphatic heterocycles. The van der Waals surface area contributed by atoms with Crippen molar-refractivity contribution in [1.29, 1.82) is 0 Å². The summed E-state index contributed by atoms with van der Waals surface area (Å²) in [5.41, 5.74) is 0.697. The van der Waals surface area contributed by atoms with Gasteiger partial charge in [0.05, 0.1) is 26.8 Å². The number of carbonyl (C=O) groups is 2. The minimum atomic E-state index is -0.937. The molecule has 0 spiro atoms. The zero-order chi connectivity index (χ0) is 20.0. The first kappa shape index (κ1) is 20.3. The number of methoxy groups -OCH3 is 2. The van der Waals surface area contributed by atoms with Gasteiger partial charge in [-0.05, 0) is 38.5 Å². The van der Waals surface area contributed by atoms with Crippen LogP contribution in [-0.4, -0.2) is 42.0 Å². The Labute approximate surface area is 158 Å². The quantitative estimate of drug-likeness (QED) is 0.713. The highest BCUT2D eigenvalue weighted by Crippen LogP contribution is 2.27. The van der Waals surface area contributed by atoms with Gasteiger partial charge in [0.25, 0.3) is 5.91 Å². The minimum absolute atomic E-state index is 0.0158. The van der Waals surface area contributed by atoms with Crippen molar-refractivity contribution in [2.75, 3.05) is 19.5 Å². The molecule has 0 saturated heterocycles. The van der Waals surface area contributed by atoms with Crippen LogP contribution in [0.4, 0.5) is 5.82 Å². The molecule has 2 aromatic rings. The summed E-state index contributed by atoms with van der Waals surface area (Å²) >= 11 is 0. The molecule has 1 atom stereocenters. The third-order valence-electron chi connectivity index (χ3n) is 3.88. The van der Waals surface area contributed by atoms with E-state index in [1.165, 1.54) is 21.1 Å². The van der Waals surface area contributed by atoms with E-state index in [2.05, 4.69) is 10.4 Å². The van der Waals surface area contributed by atoms with Gasteiger partial charge >= 0.3 is 5.97 Å². The number of nitrogens with zero attached hydrogens (tertiary/aromatic N) is 2. The SMILES string of the molecule is COc1ccc(CC(=O)O[C@H](C)C(=O)Nc2ccnn2C(C)C)cc1OC. The Morgan fingerprint density at radius 2 is 1.81 bits per heavy atom. The lowest BCUT2D eigenvalue weighted by Gasteiger charge is -2.16. The highest BCUT2D eigenvalue weighted by atomic mass is 16.5. The number of rotatable bonds is 8. The van der Waals surface area contributed by atoms with Gasteiger partial charge in [-0.1, -0.05) is 6.07 Å². The number of anilines is 1. The van der Waals surface area contributed by atoms with Crippen molar-refractivity contribution in [3.05, 3.63) is 36.0 Å². The van der Waals surface area contributed by atoms with Gasteiger partial charge in [0.15, 0.2) is 17.6 Å². The Morgan fingerprint density at radius 1 is 1.11 bits per heavy atom. The van der Waals surface area contributed by atoms with Gasteiger partial charge in [0.2, 0.25) is 0 Å². The second kappa shape index (κ2) is 9.07. The fourth-order valence-electron chi connectivity index (χ4n) is 2.50. The van der Waals surface area contributed by atoms with Crippen LogP contribution in [0, 0.1) is 0 Å². The van der Waals surface area contributed by atoms with Crippen LogP contribution >= 0.6 is 0 Å². The maximum Gasteiger partial charge on any atom is 0.311 e. The molecule has 2 rings (SSSR count). The Balaban J connectivity index is 1.94. The van der Waals surface area contributed by atoms with Crippen LogP contribution in [0.25, 0.3) is 0 Å². The highest BCUT2D eigenvalue weighted by Gasteiger charge is 2.20. The zero-order valence-corrected chi connectivity index (χ0v) is 16.2.